The van der Waals surface area contributed by atoms with E-state index >= 15 is 0 Å². The van der Waals surface area contributed by atoms with Gasteiger partial charge in [-0.3, -0.25) is 0 Å². The number of oxazole rings is 1. The summed E-state index contributed by atoms with van der Waals surface area (Å²) in [7, 11) is 0. The number of rotatable bonds is 6. The molecule has 108 valence electrons. The number of nitrogens with one attached hydrogen (secondary N) is 1. The number of ether oxygens (including phenoxy) is 1. The normalized spacial score (nSPS) is 10.6. The van der Waals surface area contributed by atoms with Crippen molar-refractivity contribution < 1.29 is 9.15 Å². The van der Waals surface area contributed by atoms with Crippen molar-refractivity contribution >= 4 is 17.7 Å². The van der Waals surface area contributed by atoms with E-state index in [1.165, 1.54) is 11.8 Å². The van der Waals surface area contributed by atoms with Gasteiger partial charge in [0.15, 0.2) is 0 Å². The van der Waals surface area contributed by atoms with E-state index < -0.39 is 0 Å². The van der Waals surface area contributed by atoms with Crippen LogP contribution in [0.1, 0.15) is 25.3 Å². The van der Waals surface area contributed by atoms with Crippen molar-refractivity contribution in [3.8, 4) is 6.01 Å². The van der Waals surface area contributed by atoms with Crippen LogP contribution >= 0.6 is 11.8 Å². The summed E-state index contributed by atoms with van der Waals surface area (Å²) in [6.07, 6.45) is 0. The molecule has 0 saturated carbocycles. The maximum Gasteiger partial charge on any atom is 0.322 e. The number of aromatic nitrogens is 4. The zero-order valence-corrected chi connectivity index (χ0v) is 12.7. The largest absolute Gasteiger partial charge is 0.464 e. The lowest BCUT2D eigenvalue weighted by molar-refractivity contribution is 0.308. The fraction of sp³-hybridized carbons (Fsp3) is 0.500. The summed E-state index contributed by atoms with van der Waals surface area (Å²) in [5.41, 5.74) is 0.860. The molecule has 0 aromatic carbocycles. The van der Waals surface area contributed by atoms with Crippen molar-refractivity contribution in [2.24, 2.45) is 0 Å². The van der Waals surface area contributed by atoms with Crippen LogP contribution in [0.2, 0.25) is 0 Å². The van der Waals surface area contributed by atoms with Crippen molar-refractivity contribution in [2.45, 2.75) is 38.1 Å². The molecule has 0 saturated heterocycles. The highest BCUT2D eigenvalue weighted by Gasteiger charge is 2.13. The third kappa shape index (κ3) is 3.60. The van der Waals surface area contributed by atoms with Crippen LogP contribution in [0.15, 0.2) is 14.8 Å². The van der Waals surface area contributed by atoms with E-state index in [2.05, 4.69) is 25.3 Å². The van der Waals surface area contributed by atoms with Crippen LogP contribution in [0.3, 0.4) is 0 Å². The third-order valence-electron chi connectivity index (χ3n) is 2.39. The van der Waals surface area contributed by atoms with Gasteiger partial charge in [0.25, 0.3) is 5.22 Å². The Kier molecular flexibility index (Phi) is 4.78. The Morgan fingerprint density at radius 3 is 2.55 bits per heavy atom. The lowest BCUT2D eigenvalue weighted by Gasteiger charge is -2.06. The van der Waals surface area contributed by atoms with Crippen LogP contribution in [0.4, 0.5) is 5.95 Å². The molecule has 0 amide bonds. The van der Waals surface area contributed by atoms with E-state index in [1.54, 1.807) is 0 Å². The molecule has 20 heavy (non-hydrogen) atoms. The van der Waals surface area contributed by atoms with Crippen LogP contribution in [0.5, 0.6) is 6.01 Å². The maximum absolute atomic E-state index is 5.51. The lowest BCUT2D eigenvalue weighted by atomic mass is 10.4. The monoisotopic (exact) mass is 295 g/mol. The van der Waals surface area contributed by atoms with Gasteiger partial charge in [-0.15, -0.1) is 0 Å². The molecule has 0 aliphatic carbocycles. The van der Waals surface area contributed by atoms with Gasteiger partial charge in [0.05, 0.1) is 12.3 Å². The molecule has 2 heterocycles. The molecule has 0 unspecified atom stereocenters. The molecule has 2 aromatic rings. The van der Waals surface area contributed by atoms with Crippen molar-refractivity contribution in [1.29, 1.82) is 0 Å². The first-order valence-corrected chi connectivity index (χ1v) is 7.18. The van der Waals surface area contributed by atoms with Crippen LogP contribution in [0.25, 0.3) is 0 Å². The summed E-state index contributed by atoms with van der Waals surface area (Å²) in [4.78, 5) is 17.0. The van der Waals surface area contributed by atoms with E-state index in [0.29, 0.717) is 28.9 Å². The van der Waals surface area contributed by atoms with Crippen molar-refractivity contribution in [1.82, 2.24) is 19.9 Å². The highest BCUT2D eigenvalue weighted by molar-refractivity contribution is 7.98. The standard InChI is InChI=1S/C12H17N5O2S/c1-5-13-9-15-10(18-6-2)17-11(16-9)20-12-14-7(3)8(4)19-12/h5-6H2,1-4H3,(H,13,15,16,17). The molecule has 2 aromatic heterocycles. The summed E-state index contributed by atoms with van der Waals surface area (Å²) in [5, 5.41) is 4.04. The van der Waals surface area contributed by atoms with E-state index in [0.717, 1.165) is 18.0 Å². The maximum atomic E-state index is 5.51. The topological polar surface area (TPSA) is 86.0 Å². The SMILES string of the molecule is CCNc1nc(OCC)nc(Sc2nc(C)c(C)o2)n1. The summed E-state index contributed by atoms with van der Waals surface area (Å²) in [6, 6.07) is 0.293. The van der Waals surface area contributed by atoms with Crippen molar-refractivity contribution in [3.05, 3.63) is 11.5 Å². The molecule has 0 aliphatic rings. The van der Waals surface area contributed by atoms with Gasteiger partial charge in [0, 0.05) is 18.3 Å². The molecule has 7 nitrogen and oxygen atoms in total. The van der Waals surface area contributed by atoms with Gasteiger partial charge in [0.2, 0.25) is 11.1 Å². The van der Waals surface area contributed by atoms with Crippen LogP contribution in [-0.4, -0.2) is 33.1 Å². The summed E-state index contributed by atoms with van der Waals surface area (Å²) >= 11 is 1.24. The Hall–Kier alpha value is -1.83. The minimum Gasteiger partial charge on any atom is -0.464 e. The number of hydrogen-bond donors (Lipinski definition) is 1. The second-order valence-corrected chi connectivity index (χ2v) is 4.83. The van der Waals surface area contributed by atoms with Crippen LogP contribution in [0, 0.1) is 13.8 Å². The Bertz CT molecular complexity index is 543. The molecule has 0 radical (unpaired) electrons. The zero-order valence-electron chi connectivity index (χ0n) is 11.9. The highest BCUT2D eigenvalue weighted by atomic mass is 32.2. The first-order chi connectivity index (χ1) is 9.62. The van der Waals surface area contributed by atoms with E-state index in [9.17, 15) is 0 Å². The number of aryl methyl sites for hydroxylation is 2. The first-order valence-electron chi connectivity index (χ1n) is 6.37. The van der Waals surface area contributed by atoms with E-state index in [1.807, 2.05) is 27.7 Å². The fourth-order valence-electron chi connectivity index (χ4n) is 1.38. The number of anilines is 1. The predicted octanol–water partition coefficient (Wildman–Crippen LogP) is 2.46. The smallest absolute Gasteiger partial charge is 0.322 e. The van der Waals surface area contributed by atoms with E-state index in [-0.39, 0.29) is 0 Å². The third-order valence-corrected chi connectivity index (χ3v) is 3.10. The zero-order chi connectivity index (χ0) is 14.5. The van der Waals surface area contributed by atoms with Gasteiger partial charge in [0.1, 0.15) is 5.76 Å². The lowest BCUT2D eigenvalue weighted by Crippen LogP contribution is -2.07. The Balaban J connectivity index is 2.24. The van der Waals surface area contributed by atoms with Crippen molar-refractivity contribution in [2.75, 3.05) is 18.5 Å². The van der Waals surface area contributed by atoms with Gasteiger partial charge < -0.3 is 14.5 Å². The summed E-state index contributed by atoms with van der Waals surface area (Å²) in [6.45, 7) is 8.83. The predicted molar refractivity (Wildman–Crippen MR) is 75.3 cm³/mol. The molecular formula is C12H17N5O2S. The quantitative estimate of drug-likeness (QED) is 0.869. The number of nitrogens with zero attached hydrogens (tertiary/aromatic N) is 4. The average molecular weight is 295 g/mol. The minimum atomic E-state index is 0.293. The van der Waals surface area contributed by atoms with E-state index in [4.69, 9.17) is 9.15 Å². The van der Waals surface area contributed by atoms with Crippen molar-refractivity contribution in [3.63, 3.8) is 0 Å². The molecule has 8 heteroatoms. The molecule has 1 N–H and O–H groups in total. The van der Waals surface area contributed by atoms with Gasteiger partial charge in [-0.1, -0.05) is 0 Å². The number of hydrogen-bond acceptors (Lipinski definition) is 8. The van der Waals surface area contributed by atoms with Gasteiger partial charge in [-0.25, -0.2) is 4.98 Å². The van der Waals surface area contributed by atoms with Crippen LogP contribution < -0.4 is 10.1 Å². The molecule has 0 aliphatic heterocycles. The van der Waals surface area contributed by atoms with Crippen LogP contribution in [-0.2, 0) is 0 Å². The Morgan fingerprint density at radius 1 is 1.15 bits per heavy atom. The Labute approximate surface area is 121 Å². The second-order valence-electron chi connectivity index (χ2n) is 3.91. The molecule has 0 spiro atoms. The summed E-state index contributed by atoms with van der Waals surface area (Å²) in [5.74, 6) is 1.27. The molecule has 0 fully saturated rings. The van der Waals surface area contributed by atoms with Gasteiger partial charge >= 0.3 is 6.01 Å². The minimum absolute atomic E-state index is 0.293. The average Bonchev–Trinajstić information content (AvgIpc) is 2.68. The molecule has 0 atom stereocenters. The molecular weight excluding hydrogens is 278 g/mol. The molecule has 2 rings (SSSR count). The highest BCUT2D eigenvalue weighted by Crippen LogP contribution is 2.27. The second kappa shape index (κ2) is 6.56. The summed E-state index contributed by atoms with van der Waals surface area (Å²) < 4.78 is 10.8. The molecule has 0 bridgehead atoms. The first kappa shape index (κ1) is 14.6. The van der Waals surface area contributed by atoms with Gasteiger partial charge in [-0.2, -0.15) is 15.0 Å². The van der Waals surface area contributed by atoms with Gasteiger partial charge in [-0.05, 0) is 27.7 Å². The fourth-order valence-corrected chi connectivity index (χ4v) is 2.14. The Morgan fingerprint density at radius 2 is 1.95 bits per heavy atom.